The Hall–Kier alpha value is -2.48. The van der Waals surface area contributed by atoms with Crippen molar-refractivity contribution < 1.29 is 18.4 Å². The maximum Gasteiger partial charge on any atom is 0.387 e. The fraction of sp³-hybridized carbons (Fsp3) is 0.0833. The molecule has 1 aromatic heterocycles. The minimum atomic E-state index is -2.99. The van der Waals surface area contributed by atoms with Gasteiger partial charge in [-0.1, -0.05) is 23.7 Å². The zero-order valence-electron chi connectivity index (χ0n) is 10.3. The Labute approximate surface area is 122 Å². The molecule has 6 nitrogen and oxygen atoms in total. The summed E-state index contributed by atoms with van der Waals surface area (Å²) < 4.78 is 28.9. The highest BCUT2D eigenvalue weighted by atomic mass is 35.5. The van der Waals surface area contributed by atoms with E-state index in [9.17, 15) is 18.9 Å². The summed E-state index contributed by atoms with van der Waals surface area (Å²) in [5.74, 6) is -0.0727. The Morgan fingerprint density at radius 1 is 1.33 bits per heavy atom. The van der Waals surface area contributed by atoms with E-state index in [1.807, 2.05) is 0 Å². The first-order chi connectivity index (χ1) is 9.95. The van der Waals surface area contributed by atoms with E-state index < -0.39 is 11.5 Å². The van der Waals surface area contributed by atoms with Crippen LogP contribution in [-0.4, -0.2) is 16.5 Å². The van der Waals surface area contributed by atoms with Gasteiger partial charge in [-0.25, -0.2) is 4.98 Å². The molecule has 0 spiro atoms. The summed E-state index contributed by atoms with van der Waals surface area (Å²) in [4.78, 5) is 13.9. The second kappa shape index (κ2) is 6.31. The Kier molecular flexibility index (Phi) is 4.49. The summed E-state index contributed by atoms with van der Waals surface area (Å²) in [5.41, 5.74) is -0.0911. The summed E-state index contributed by atoms with van der Waals surface area (Å²) >= 11 is 5.68. The van der Waals surface area contributed by atoms with Crippen molar-refractivity contribution in [3.63, 3.8) is 0 Å². The monoisotopic (exact) mass is 315 g/mol. The molecule has 110 valence electrons. The molecule has 2 aromatic rings. The molecule has 1 aromatic carbocycles. The number of rotatable bonds is 5. The molecular formula is C12H8ClF2N3O3. The number of pyridine rings is 1. The number of benzene rings is 1. The SMILES string of the molecule is O=[N+]([O-])c1cc(Cl)nc(Nc2ccccc2OC(F)F)c1. The lowest BCUT2D eigenvalue weighted by molar-refractivity contribution is -0.384. The number of alkyl halides is 2. The number of ether oxygens (including phenoxy) is 1. The summed E-state index contributed by atoms with van der Waals surface area (Å²) in [6.07, 6.45) is 0. The minimum Gasteiger partial charge on any atom is -0.433 e. The second-order valence-electron chi connectivity index (χ2n) is 3.79. The molecule has 0 aliphatic rings. The second-order valence-corrected chi connectivity index (χ2v) is 4.18. The van der Waals surface area contributed by atoms with E-state index in [2.05, 4.69) is 15.0 Å². The largest absolute Gasteiger partial charge is 0.433 e. The Morgan fingerprint density at radius 3 is 2.71 bits per heavy atom. The van der Waals surface area contributed by atoms with Crippen LogP contribution in [0.15, 0.2) is 36.4 Å². The van der Waals surface area contributed by atoms with Gasteiger partial charge in [0.25, 0.3) is 5.69 Å². The highest BCUT2D eigenvalue weighted by Gasteiger charge is 2.13. The lowest BCUT2D eigenvalue weighted by Gasteiger charge is -2.12. The third kappa shape index (κ3) is 3.99. The fourth-order valence-electron chi connectivity index (χ4n) is 1.56. The lowest BCUT2D eigenvalue weighted by atomic mass is 10.3. The highest BCUT2D eigenvalue weighted by Crippen LogP contribution is 2.30. The van der Waals surface area contributed by atoms with Gasteiger partial charge in [-0.15, -0.1) is 0 Å². The molecule has 0 saturated carbocycles. The van der Waals surface area contributed by atoms with Gasteiger partial charge in [0.1, 0.15) is 16.7 Å². The van der Waals surface area contributed by atoms with Crippen LogP contribution in [0, 0.1) is 10.1 Å². The highest BCUT2D eigenvalue weighted by molar-refractivity contribution is 6.29. The number of anilines is 2. The molecule has 2 rings (SSSR count). The van der Waals surface area contributed by atoms with Crippen LogP contribution in [0.5, 0.6) is 5.75 Å². The quantitative estimate of drug-likeness (QED) is 0.513. The van der Waals surface area contributed by atoms with Gasteiger partial charge < -0.3 is 10.1 Å². The first-order valence-electron chi connectivity index (χ1n) is 5.58. The number of hydrogen-bond donors (Lipinski definition) is 1. The van der Waals surface area contributed by atoms with Crippen LogP contribution in [0.3, 0.4) is 0 Å². The molecule has 0 fully saturated rings. The van der Waals surface area contributed by atoms with E-state index >= 15 is 0 Å². The molecule has 1 heterocycles. The standard InChI is InChI=1S/C12H8ClF2N3O3/c13-10-5-7(18(19)20)6-11(17-10)16-8-3-1-2-4-9(8)21-12(14)15/h1-6,12H,(H,16,17). The van der Waals surface area contributed by atoms with E-state index in [1.165, 1.54) is 18.2 Å². The predicted octanol–water partition coefficient (Wildman–Crippen LogP) is 3.99. The van der Waals surface area contributed by atoms with Crippen molar-refractivity contribution >= 4 is 28.8 Å². The number of nitrogens with zero attached hydrogens (tertiary/aromatic N) is 2. The minimum absolute atomic E-state index is 0.0412. The Bertz CT molecular complexity index is 670. The van der Waals surface area contributed by atoms with Gasteiger partial charge in [0.05, 0.1) is 22.7 Å². The molecule has 1 N–H and O–H groups in total. The maximum absolute atomic E-state index is 12.3. The van der Waals surface area contributed by atoms with Crippen LogP contribution in [-0.2, 0) is 0 Å². The van der Waals surface area contributed by atoms with Crippen molar-refractivity contribution in [2.75, 3.05) is 5.32 Å². The molecule has 0 aliphatic heterocycles. The molecule has 21 heavy (non-hydrogen) atoms. The Balaban J connectivity index is 2.32. The first kappa shape index (κ1) is 14.9. The van der Waals surface area contributed by atoms with Gasteiger partial charge in [-0.05, 0) is 12.1 Å². The van der Waals surface area contributed by atoms with Crippen LogP contribution >= 0.6 is 11.6 Å². The van der Waals surface area contributed by atoms with Gasteiger partial charge in [-0.3, -0.25) is 10.1 Å². The van der Waals surface area contributed by atoms with Gasteiger partial charge in [0.2, 0.25) is 0 Å². The third-order valence-corrected chi connectivity index (χ3v) is 2.55. The van der Waals surface area contributed by atoms with Crippen molar-refractivity contribution in [3.05, 3.63) is 51.7 Å². The molecule has 0 atom stereocenters. The Morgan fingerprint density at radius 2 is 2.05 bits per heavy atom. The summed E-state index contributed by atoms with van der Waals surface area (Å²) in [6.45, 7) is -2.99. The smallest absolute Gasteiger partial charge is 0.387 e. The number of halogens is 3. The van der Waals surface area contributed by atoms with Crippen molar-refractivity contribution in [1.82, 2.24) is 4.98 Å². The molecular weight excluding hydrogens is 308 g/mol. The summed E-state index contributed by atoms with van der Waals surface area (Å²) in [5, 5.41) is 13.3. The summed E-state index contributed by atoms with van der Waals surface area (Å²) in [7, 11) is 0. The molecule has 0 aliphatic carbocycles. The molecule has 0 saturated heterocycles. The number of nitrogens with one attached hydrogen (secondary N) is 1. The average Bonchev–Trinajstić information content (AvgIpc) is 2.39. The average molecular weight is 316 g/mol. The topological polar surface area (TPSA) is 77.3 Å². The number of aromatic nitrogens is 1. The van der Waals surface area contributed by atoms with Crippen molar-refractivity contribution in [2.45, 2.75) is 6.61 Å². The number of para-hydroxylation sites is 2. The maximum atomic E-state index is 12.3. The van der Waals surface area contributed by atoms with Crippen molar-refractivity contribution in [2.24, 2.45) is 0 Å². The van der Waals surface area contributed by atoms with E-state index in [4.69, 9.17) is 11.6 Å². The zero-order valence-corrected chi connectivity index (χ0v) is 11.1. The van der Waals surface area contributed by atoms with E-state index in [0.717, 1.165) is 12.1 Å². The molecule has 0 amide bonds. The fourth-order valence-corrected chi connectivity index (χ4v) is 1.76. The lowest BCUT2D eigenvalue weighted by Crippen LogP contribution is -2.05. The molecule has 0 unspecified atom stereocenters. The molecule has 0 bridgehead atoms. The normalized spacial score (nSPS) is 10.5. The molecule has 0 radical (unpaired) electrons. The van der Waals surface area contributed by atoms with Gasteiger partial charge in [-0.2, -0.15) is 8.78 Å². The van der Waals surface area contributed by atoms with Gasteiger partial charge in [0, 0.05) is 0 Å². The third-order valence-electron chi connectivity index (χ3n) is 2.36. The van der Waals surface area contributed by atoms with Crippen molar-refractivity contribution in [3.8, 4) is 5.75 Å². The van der Waals surface area contributed by atoms with Crippen LogP contribution in [0.1, 0.15) is 0 Å². The summed E-state index contributed by atoms with van der Waals surface area (Å²) in [6, 6.07) is 8.09. The van der Waals surface area contributed by atoms with Gasteiger partial charge >= 0.3 is 6.61 Å². The van der Waals surface area contributed by atoms with Crippen LogP contribution < -0.4 is 10.1 Å². The van der Waals surface area contributed by atoms with E-state index in [1.54, 1.807) is 6.07 Å². The zero-order chi connectivity index (χ0) is 15.4. The van der Waals surface area contributed by atoms with Crippen LogP contribution in [0.2, 0.25) is 5.15 Å². The van der Waals surface area contributed by atoms with Crippen LogP contribution in [0.25, 0.3) is 0 Å². The van der Waals surface area contributed by atoms with Crippen LogP contribution in [0.4, 0.5) is 26.0 Å². The van der Waals surface area contributed by atoms with E-state index in [-0.39, 0.29) is 28.1 Å². The molecule has 9 heteroatoms. The predicted molar refractivity (Wildman–Crippen MR) is 72.3 cm³/mol. The number of nitro groups is 1. The van der Waals surface area contributed by atoms with Gasteiger partial charge in [0.15, 0.2) is 0 Å². The van der Waals surface area contributed by atoms with Crippen molar-refractivity contribution in [1.29, 1.82) is 0 Å². The first-order valence-corrected chi connectivity index (χ1v) is 5.96. The van der Waals surface area contributed by atoms with E-state index in [0.29, 0.717) is 0 Å². The number of hydrogen-bond acceptors (Lipinski definition) is 5.